The van der Waals surface area contributed by atoms with E-state index in [0.29, 0.717) is 0 Å². The van der Waals surface area contributed by atoms with Crippen molar-refractivity contribution < 1.29 is 9.84 Å². The van der Waals surface area contributed by atoms with Crippen LogP contribution in [0, 0.1) is 0 Å². The molecule has 0 aliphatic carbocycles. The van der Waals surface area contributed by atoms with E-state index in [1.807, 2.05) is 12.1 Å². The maximum absolute atomic E-state index is 9.48. The summed E-state index contributed by atoms with van der Waals surface area (Å²) in [5, 5.41) is 9.48. The Balaban J connectivity index is 2.16. The monoisotopic (exact) mass is 208 g/mol. The van der Waals surface area contributed by atoms with Gasteiger partial charge in [-0.05, 0) is 24.6 Å². The van der Waals surface area contributed by atoms with Crippen LogP contribution in [0.4, 0.5) is 5.82 Å². The quantitative estimate of drug-likeness (QED) is 0.786. The molecule has 0 spiro atoms. The number of ether oxygens (including phenoxy) is 1. The molecule has 1 aromatic rings. The molecule has 4 heteroatoms. The number of morpholine rings is 1. The van der Waals surface area contributed by atoms with Gasteiger partial charge in [-0.3, -0.25) is 0 Å². The van der Waals surface area contributed by atoms with Crippen LogP contribution in [0.1, 0.15) is 18.6 Å². The fraction of sp³-hybridized carbons (Fsp3) is 0.545. The SMILES string of the molecule is C[C@@H](O)c1ccnc(N2CCOCC2)c1. The third kappa shape index (κ3) is 2.46. The maximum Gasteiger partial charge on any atom is 0.128 e. The normalized spacial score (nSPS) is 18.9. The van der Waals surface area contributed by atoms with Crippen LogP contribution < -0.4 is 4.90 Å². The second-order valence-electron chi connectivity index (χ2n) is 3.72. The van der Waals surface area contributed by atoms with Gasteiger partial charge in [0.1, 0.15) is 5.82 Å². The molecule has 1 fully saturated rings. The van der Waals surface area contributed by atoms with Crippen LogP contribution in [0.15, 0.2) is 18.3 Å². The molecule has 1 saturated heterocycles. The molecule has 0 aromatic carbocycles. The minimum absolute atomic E-state index is 0.437. The van der Waals surface area contributed by atoms with Gasteiger partial charge in [0.05, 0.1) is 19.3 Å². The zero-order chi connectivity index (χ0) is 10.7. The van der Waals surface area contributed by atoms with E-state index in [1.54, 1.807) is 13.1 Å². The number of aliphatic hydroxyl groups excluding tert-OH is 1. The lowest BCUT2D eigenvalue weighted by atomic mass is 10.1. The molecule has 0 saturated carbocycles. The van der Waals surface area contributed by atoms with E-state index in [2.05, 4.69) is 9.88 Å². The van der Waals surface area contributed by atoms with Gasteiger partial charge < -0.3 is 14.7 Å². The lowest BCUT2D eigenvalue weighted by molar-refractivity contribution is 0.122. The van der Waals surface area contributed by atoms with Gasteiger partial charge in [-0.15, -0.1) is 0 Å². The van der Waals surface area contributed by atoms with Crippen LogP contribution >= 0.6 is 0 Å². The van der Waals surface area contributed by atoms with Gasteiger partial charge in [-0.1, -0.05) is 0 Å². The summed E-state index contributed by atoms with van der Waals surface area (Å²) in [6, 6.07) is 3.78. The van der Waals surface area contributed by atoms with Gasteiger partial charge in [0.15, 0.2) is 0 Å². The minimum Gasteiger partial charge on any atom is -0.389 e. The van der Waals surface area contributed by atoms with Crippen molar-refractivity contribution in [2.24, 2.45) is 0 Å². The molecule has 2 heterocycles. The molecule has 2 rings (SSSR count). The topological polar surface area (TPSA) is 45.6 Å². The lowest BCUT2D eigenvalue weighted by Gasteiger charge is -2.28. The van der Waals surface area contributed by atoms with E-state index < -0.39 is 6.10 Å². The molecular weight excluding hydrogens is 192 g/mol. The summed E-state index contributed by atoms with van der Waals surface area (Å²) >= 11 is 0. The van der Waals surface area contributed by atoms with Crippen LogP contribution in [-0.4, -0.2) is 36.4 Å². The Morgan fingerprint density at radius 1 is 1.47 bits per heavy atom. The van der Waals surface area contributed by atoms with Crippen molar-refractivity contribution in [3.63, 3.8) is 0 Å². The van der Waals surface area contributed by atoms with Crippen molar-refractivity contribution >= 4 is 5.82 Å². The molecule has 82 valence electrons. The fourth-order valence-electron chi connectivity index (χ4n) is 1.66. The van der Waals surface area contributed by atoms with E-state index in [0.717, 1.165) is 37.7 Å². The summed E-state index contributed by atoms with van der Waals surface area (Å²) in [6.45, 7) is 5.01. The van der Waals surface area contributed by atoms with Gasteiger partial charge in [-0.25, -0.2) is 4.98 Å². The number of pyridine rings is 1. The molecule has 0 unspecified atom stereocenters. The van der Waals surface area contributed by atoms with Gasteiger partial charge in [-0.2, -0.15) is 0 Å². The van der Waals surface area contributed by atoms with Crippen molar-refractivity contribution in [1.29, 1.82) is 0 Å². The number of aromatic nitrogens is 1. The highest BCUT2D eigenvalue weighted by Crippen LogP contribution is 2.18. The van der Waals surface area contributed by atoms with Crippen LogP contribution in [0.2, 0.25) is 0 Å². The van der Waals surface area contributed by atoms with Gasteiger partial charge in [0.2, 0.25) is 0 Å². The van der Waals surface area contributed by atoms with Crippen molar-refractivity contribution in [3.8, 4) is 0 Å². The summed E-state index contributed by atoms with van der Waals surface area (Å²) in [7, 11) is 0. The number of hydrogen-bond acceptors (Lipinski definition) is 4. The van der Waals surface area contributed by atoms with Crippen LogP contribution in [0.3, 0.4) is 0 Å². The third-order valence-corrected chi connectivity index (χ3v) is 2.59. The second kappa shape index (κ2) is 4.59. The molecular formula is C11H16N2O2. The first-order valence-corrected chi connectivity index (χ1v) is 5.24. The lowest BCUT2D eigenvalue weighted by Crippen LogP contribution is -2.36. The molecule has 4 nitrogen and oxygen atoms in total. The van der Waals surface area contributed by atoms with Crippen LogP contribution in [0.5, 0.6) is 0 Å². The Bertz CT molecular complexity index is 322. The number of anilines is 1. The maximum atomic E-state index is 9.48. The fourth-order valence-corrected chi connectivity index (χ4v) is 1.66. The zero-order valence-electron chi connectivity index (χ0n) is 8.89. The Kier molecular flexibility index (Phi) is 3.18. The summed E-state index contributed by atoms with van der Waals surface area (Å²) in [5.74, 6) is 0.928. The largest absolute Gasteiger partial charge is 0.389 e. The Morgan fingerprint density at radius 2 is 2.20 bits per heavy atom. The summed E-state index contributed by atoms with van der Waals surface area (Å²) in [6.07, 6.45) is 1.31. The Hall–Kier alpha value is -1.13. The van der Waals surface area contributed by atoms with Crippen LogP contribution in [-0.2, 0) is 4.74 Å². The van der Waals surface area contributed by atoms with E-state index in [-0.39, 0.29) is 0 Å². The number of nitrogens with zero attached hydrogens (tertiary/aromatic N) is 2. The van der Waals surface area contributed by atoms with Crippen molar-refractivity contribution in [3.05, 3.63) is 23.9 Å². The summed E-state index contributed by atoms with van der Waals surface area (Å²) in [5.41, 5.74) is 0.909. The molecule has 0 bridgehead atoms. The van der Waals surface area contributed by atoms with Crippen molar-refractivity contribution in [2.45, 2.75) is 13.0 Å². The van der Waals surface area contributed by atoms with Gasteiger partial charge in [0, 0.05) is 19.3 Å². The standard InChI is InChI=1S/C11H16N2O2/c1-9(14)10-2-3-12-11(8-10)13-4-6-15-7-5-13/h2-3,8-9,14H,4-7H2,1H3/t9-/m1/s1. The van der Waals surface area contributed by atoms with Gasteiger partial charge >= 0.3 is 0 Å². The zero-order valence-corrected chi connectivity index (χ0v) is 8.89. The molecule has 1 N–H and O–H groups in total. The summed E-state index contributed by atoms with van der Waals surface area (Å²) in [4.78, 5) is 6.48. The van der Waals surface area contributed by atoms with E-state index in [4.69, 9.17) is 4.74 Å². The van der Waals surface area contributed by atoms with Crippen molar-refractivity contribution in [2.75, 3.05) is 31.2 Å². The molecule has 0 amide bonds. The van der Waals surface area contributed by atoms with E-state index in [9.17, 15) is 5.11 Å². The molecule has 0 radical (unpaired) electrons. The van der Waals surface area contributed by atoms with E-state index in [1.165, 1.54) is 0 Å². The Morgan fingerprint density at radius 3 is 2.87 bits per heavy atom. The average Bonchev–Trinajstić information content (AvgIpc) is 2.30. The minimum atomic E-state index is -0.437. The second-order valence-corrected chi connectivity index (χ2v) is 3.72. The first kappa shape index (κ1) is 10.4. The number of hydrogen-bond donors (Lipinski definition) is 1. The molecule has 1 aliphatic heterocycles. The highest BCUT2D eigenvalue weighted by Gasteiger charge is 2.13. The molecule has 1 aromatic heterocycles. The molecule has 1 aliphatic rings. The highest BCUT2D eigenvalue weighted by atomic mass is 16.5. The first-order valence-electron chi connectivity index (χ1n) is 5.24. The molecule has 1 atom stereocenters. The smallest absolute Gasteiger partial charge is 0.128 e. The van der Waals surface area contributed by atoms with Crippen molar-refractivity contribution in [1.82, 2.24) is 4.98 Å². The van der Waals surface area contributed by atoms with Gasteiger partial charge in [0.25, 0.3) is 0 Å². The number of aliphatic hydroxyl groups is 1. The molecule has 15 heavy (non-hydrogen) atoms. The summed E-state index contributed by atoms with van der Waals surface area (Å²) < 4.78 is 5.28. The average molecular weight is 208 g/mol. The predicted molar refractivity (Wildman–Crippen MR) is 57.9 cm³/mol. The first-order chi connectivity index (χ1) is 7.27. The number of rotatable bonds is 2. The van der Waals surface area contributed by atoms with Crippen LogP contribution in [0.25, 0.3) is 0 Å². The Labute approximate surface area is 89.5 Å². The van der Waals surface area contributed by atoms with E-state index >= 15 is 0 Å². The highest BCUT2D eigenvalue weighted by molar-refractivity contribution is 5.41. The third-order valence-electron chi connectivity index (χ3n) is 2.59. The predicted octanol–water partition coefficient (Wildman–Crippen LogP) is 0.972.